The van der Waals surface area contributed by atoms with Gasteiger partial charge in [-0.25, -0.2) is 0 Å². The van der Waals surface area contributed by atoms with Gasteiger partial charge in [-0.15, -0.1) is 0 Å². The quantitative estimate of drug-likeness (QED) is 0.197. The van der Waals surface area contributed by atoms with Crippen LogP contribution in [0.3, 0.4) is 0 Å². The highest BCUT2D eigenvalue weighted by atomic mass is 16.3. The molecule has 0 saturated heterocycles. The molecule has 0 unspecified atom stereocenters. The van der Waals surface area contributed by atoms with Crippen LogP contribution in [0.25, 0.3) is 44.2 Å². The maximum absolute atomic E-state index is 6.19. The largest absolute Gasteiger partial charge is 0.456 e. The Bertz CT molecular complexity index is 2170. The third-order valence-corrected chi connectivity index (χ3v) is 8.81. The van der Waals surface area contributed by atoms with Crippen molar-refractivity contribution in [2.45, 2.75) is 25.7 Å². The van der Waals surface area contributed by atoms with E-state index in [2.05, 4.69) is 144 Å². The number of fused-ring (bicyclic) bond motifs is 3. The smallest absolute Gasteiger partial charge is 0.136 e. The van der Waals surface area contributed by atoms with Gasteiger partial charge < -0.3 is 15.1 Å². The second kappa shape index (κ2) is 11.9. The maximum atomic E-state index is 6.19. The summed E-state index contributed by atoms with van der Waals surface area (Å²) in [5.41, 5.74) is 13.7. The number of para-hydroxylation sites is 2. The first-order valence-corrected chi connectivity index (χ1v) is 15.8. The summed E-state index contributed by atoms with van der Waals surface area (Å²) < 4.78 is 6.19. The molecule has 0 fully saturated rings. The Labute approximate surface area is 263 Å². The average molecular weight is 583 g/mol. The lowest BCUT2D eigenvalue weighted by molar-refractivity contribution is 0.669. The average Bonchev–Trinajstić information content (AvgIpc) is 3.47. The van der Waals surface area contributed by atoms with Crippen molar-refractivity contribution >= 4 is 39.0 Å². The van der Waals surface area contributed by atoms with Gasteiger partial charge in [0.15, 0.2) is 0 Å². The van der Waals surface area contributed by atoms with Crippen LogP contribution in [-0.2, 0) is 0 Å². The normalized spacial score (nSPS) is 14.6. The van der Waals surface area contributed by atoms with Crippen molar-refractivity contribution < 1.29 is 4.42 Å². The Morgan fingerprint density at radius 3 is 2.16 bits per heavy atom. The number of rotatable bonds is 7. The van der Waals surface area contributed by atoms with E-state index < -0.39 is 0 Å². The van der Waals surface area contributed by atoms with Crippen LogP contribution in [0.1, 0.15) is 25.7 Å². The number of furan rings is 1. The lowest BCUT2D eigenvalue weighted by atomic mass is 9.90. The molecule has 0 bridgehead atoms. The first kappa shape index (κ1) is 27.0. The molecule has 2 aliphatic rings. The van der Waals surface area contributed by atoms with Crippen LogP contribution in [0.2, 0.25) is 0 Å². The zero-order valence-electron chi connectivity index (χ0n) is 25.1. The lowest BCUT2D eigenvalue weighted by Crippen LogP contribution is -2.07. The zero-order chi connectivity index (χ0) is 30.0. The second-order valence-electron chi connectivity index (χ2n) is 11.8. The van der Waals surface area contributed by atoms with Crippen molar-refractivity contribution in [3.63, 3.8) is 0 Å². The van der Waals surface area contributed by atoms with Crippen LogP contribution < -0.4 is 10.6 Å². The van der Waals surface area contributed by atoms with E-state index in [0.717, 1.165) is 75.8 Å². The monoisotopic (exact) mass is 582 g/mol. The van der Waals surface area contributed by atoms with E-state index in [9.17, 15) is 0 Å². The van der Waals surface area contributed by atoms with Crippen LogP contribution in [-0.4, -0.2) is 0 Å². The van der Waals surface area contributed by atoms with E-state index in [1.165, 1.54) is 28.0 Å². The molecule has 0 aliphatic heterocycles. The van der Waals surface area contributed by atoms with Gasteiger partial charge in [0.05, 0.1) is 0 Å². The van der Waals surface area contributed by atoms with Crippen LogP contribution >= 0.6 is 0 Å². The minimum absolute atomic E-state index is 0.901. The summed E-state index contributed by atoms with van der Waals surface area (Å²) in [6.45, 7) is 0. The van der Waals surface area contributed by atoms with Gasteiger partial charge in [0.25, 0.3) is 0 Å². The van der Waals surface area contributed by atoms with E-state index in [1.807, 2.05) is 12.1 Å². The highest BCUT2D eigenvalue weighted by molar-refractivity contribution is 6.06. The Hall–Kier alpha value is -5.54. The van der Waals surface area contributed by atoms with E-state index >= 15 is 0 Å². The van der Waals surface area contributed by atoms with Crippen molar-refractivity contribution in [3.8, 4) is 22.3 Å². The standard InChI is InChI=1S/C42H34N2O/c1-2-12-29(13-3-1)35-18-4-7-21-39(35)43-33-16-10-14-30(26-33)31-15-11-17-34(27-31)44-40-22-8-5-19-36(40)32-24-25-38-37-20-6-9-23-41(37)45-42(38)28-32/h1-2,5-12,14-17,19-28,43-44H,3-4,13,18H2. The van der Waals surface area contributed by atoms with E-state index in [4.69, 9.17) is 4.42 Å². The summed E-state index contributed by atoms with van der Waals surface area (Å²) in [4.78, 5) is 0. The van der Waals surface area contributed by atoms with Crippen molar-refractivity contribution in [2.24, 2.45) is 0 Å². The topological polar surface area (TPSA) is 37.2 Å². The predicted molar refractivity (Wildman–Crippen MR) is 190 cm³/mol. The van der Waals surface area contributed by atoms with Gasteiger partial charge in [0.1, 0.15) is 11.2 Å². The highest BCUT2D eigenvalue weighted by Crippen LogP contribution is 2.37. The molecule has 5 aromatic carbocycles. The SMILES string of the molecule is C1=CCCC(C2=C(Nc3cccc(-c4cccc(Nc5ccccc5-c5ccc6c(c5)oc5ccccc56)c4)c3)C=CCC2)=C1. The molecule has 0 saturated carbocycles. The fourth-order valence-corrected chi connectivity index (χ4v) is 6.57. The number of hydrogen-bond donors (Lipinski definition) is 2. The molecule has 8 rings (SSSR count). The Kier molecular flexibility index (Phi) is 7.13. The molecule has 0 amide bonds. The Morgan fingerprint density at radius 2 is 1.31 bits per heavy atom. The van der Waals surface area contributed by atoms with Gasteiger partial charge in [-0.1, -0.05) is 91.0 Å². The van der Waals surface area contributed by atoms with Crippen LogP contribution in [0.4, 0.5) is 17.1 Å². The van der Waals surface area contributed by atoms with Gasteiger partial charge in [0.2, 0.25) is 0 Å². The minimum atomic E-state index is 0.901. The van der Waals surface area contributed by atoms with Crippen molar-refractivity contribution in [2.75, 3.05) is 10.6 Å². The maximum Gasteiger partial charge on any atom is 0.136 e. The molecular weight excluding hydrogens is 548 g/mol. The predicted octanol–water partition coefficient (Wildman–Crippen LogP) is 12.0. The van der Waals surface area contributed by atoms with Crippen LogP contribution in [0, 0.1) is 0 Å². The molecule has 2 aliphatic carbocycles. The number of benzene rings is 5. The van der Waals surface area contributed by atoms with E-state index in [-0.39, 0.29) is 0 Å². The van der Waals surface area contributed by atoms with Crippen LogP contribution in [0.15, 0.2) is 167 Å². The minimum Gasteiger partial charge on any atom is -0.456 e. The highest BCUT2D eigenvalue weighted by Gasteiger charge is 2.15. The van der Waals surface area contributed by atoms with E-state index in [1.54, 1.807) is 0 Å². The molecule has 0 spiro atoms. The fourth-order valence-electron chi connectivity index (χ4n) is 6.57. The Balaban J connectivity index is 1.07. The molecule has 0 atom stereocenters. The van der Waals surface area contributed by atoms with Gasteiger partial charge in [-0.3, -0.25) is 0 Å². The van der Waals surface area contributed by atoms with Gasteiger partial charge in [-0.2, -0.15) is 0 Å². The van der Waals surface area contributed by atoms with Crippen molar-refractivity contribution in [1.29, 1.82) is 0 Å². The summed E-state index contributed by atoms with van der Waals surface area (Å²) in [5.74, 6) is 0. The lowest BCUT2D eigenvalue weighted by Gasteiger charge is -2.21. The summed E-state index contributed by atoms with van der Waals surface area (Å²) in [7, 11) is 0. The number of anilines is 3. The van der Waals surface area contributed by atoms with E-state index in [0.29, 0.717) is 0 Å². The molecule has 3 nitrogen and oxygen atoms in total. The second-order valence-corrected chi connectivity index (χ2v) is 11.8. The fraction of sp³-hybridized carbons (Fsp3) is 0.0952. The summed E-state index contributed by atoms with van der Waals surface area (Å²) in [5, 5.41) is 9.73. The van der Waals surface area contributed by atoms with Gasteiger partial charge >= 0.3 is 0 Å². The zero-order valence-corrected chi connectivity index (χ0v) is 25.1. The number of allylic oxidation sites excluding steroid dienone is 7. The molecule has 1 heterocycles. The number of hydrogen-bond acceptors (Lipinski definition) is 3. The van der Waals surface area contributed by atoms with Crippen molar-refractivity contribution in [1.82, 2.24) is 0 Å². The van der Waals surface area contributed by atoms with Gasteiger partial charge in [-0.05, 0) is 108 Å². The molecular formula is C42H34N2O. The molecule has 6 aromatic rings. The van der Waals surface area contributed by atoms with Gasteiger partial charge in [0, 0.05) is 39.1 Å². The number of nitrogens with one attached hydrogen (secondary N) is 2. The molecule has 45 heavy (non-hydrogen) atoms. The van der Waals surface area contributed by atoms with Crippen LogP contribution in [0.5, 0.6) is 0 Å². The summed E-state index contributed by atoms with van der Waals surface area (Å²) in [6.07, 6.45) is 15.7. The summed E-state index contributed by atoms with van der Waals surface area (Å²) >= 11 is 0. The van der Waals surface area contributed by atoms with Crippen molar-refractivity contribution in [3.05, 3.63) is 162 Å². The Morgan fingerprint density at radius 1 is 0.556 bits per heavy atom. The molecule has 3 heteroatoms. The molecule has 0 radical (unpaired) electrons. The molecule has 2 N–H and O–H groups in total. The molecule has 1 aromatic heterocycles. The first-order chi connectivity index (χ1) is 22.3. The summed E-state index contributed by atoms with van der Waals surface area (Å²) in [6, 6.07) is 40.5. The third kappa shape index (κ3) is 5.49. The first-order valence-electron chi connectivity index (χ1n) is 15.8. The molecule has 218 valence electrons. The third-order valence-electron chi connectivity index (χ3n) is 8.81.